The first-order valence-electron chi connectivity index (χ1n) is 10.1. The van der Waals surface area contributed by atoms with Crippen LogP contribution in [0.25, 0.3) is 0 Å². The van der Waals surface area contributed by atoms with E-state index in [4.69, 9.17) is 4.74 Å². The van der Waals surface area contributed by atoms with Crippen LogP contribution in [0.2, 0.25) is 0 Å². The van der Waals surface area contributed by atoms with Crippen molar-refractivity contribution in [3.63, 3.8) is 0 Å². The minimum atomic E-state index is -3.58. The first-order chi connectivity index (χ1) is 14.4. The molecule has 0 bridgehead atoms. The molecule has 1 amide bonds. The molecular formula is C22H25FN2O4S. The molecular weight excluding hydrogens is 407 g/mol. The Morgan fingerprint density at radius 1 is 1.07 bits per heavy atom. The minimum absolute atomic E-state index is 0.0152. The average Bonchev–Trinajstić information content (AvgIpc) is 3.10. The summed E-state index contributed by atoms with van der Waals surface area (Å²) in [5, 5.41) is 0. The second kappa shape index (κ2) is 8.83. The Labute approximate surface area is 176 Å². The summed E-state index contributed by atoms with van der Waals surface area (Å²) in [6.45, 7) is 0.812. The van der Waals surface area contributed by atoms with Crippen LogP contribution in [-0.4, -0.2) is 61.1 Å². The van der Waals surface area contributed by atoms with E-state index < -0.39 is 21.9 Å². The molecule has 0 unspecified atom stereocenters. The SMILES string of the molecule is O=C(CCc1ccccc1)N1C[C@@H]2OCCS(=O)(=O)N(Cc3cccc(F)c3)[C@@H]2C1. The van der Waals surface area contributed by atoms with Gasteiger partial charge in [0.15, 0.2) is 0 Å². The Morgan fingerprint density at radius 3 is 2.60 bits per heavy atom. The van der Waals surface area contributed by atoms with Crippen LogP contribution in [0.1, 0.15) is 17.5 Å². The summed E-state index contributed by atoms with van der Waals surface area (Å²) in [7, 11) is -3.58. The van der Waals surface area contributed by atoms with Gasteiger partial charge in [-0.25, -0.2) is 12.8 Å². The molecule has 6 nitrogen and oxygen atoms in total. The fourth-order valence-electron chi connectivity index (χ4n) is 4.11. The molecule has 2 aromatic rings. The van der Waals surface area contributed by atoms with E-state index in [0.717, 1.165) is 5.56 Å². The third-order valence-corrected chi connectivity index (χ3v) is 7.48. The number of benzene rings is 2. The zero-order valence-electron chi connectivity index (χ0n) is 16.6. The summed E-state index contributed by atoms with van der Waals surface area (Å²) in [6, 6.07) is 15.3. The number of carbonyl (C=O) groups excluding carboxylic acids is 1. The van der Waals surface area contributed by atoms with Gasteiger partial charge in [-0.3, -0.25) is 4.79 Å². The van der Waals surface area contributed by atoms with E-state index in [1.54, 1.807) is 17.0 Å². The van der Waals surface area contributed by atoms with Gasteiger partial charge in [0.1, 0.15) is 5.82 Å². The Balaban J connectivity index is 1.48. The van der Waals surface area contributed by atoms with Crippen molar-refractivity contribution in [3.05, 3.63) is 71.5 Å². The zero-order chi connectivity index (χ0) is 21.1. The second-order valence-electron chi connectivity index (χ2n) is 7.75. The number of likely N-dealkylation sites (tertiary alicyclic amines) is 1. The molecule has 4 rings (SSSR count). The van der Waals surface area contributed by atoms with Crippen LogP contribution >= 0.6 is 0 Å². The van der Waals surface area contributed by atoms with Gasteiger partial charge in [-0.15, -0.1) is 0 Å². The number of hydrogen-bond donors (Lipinski definition) is 0. The van der Waals surface area contributed by atoms with E-state index in [1.165, 1.54) is 16.4 Å². The Bertz CT molecular complexity index is 999. The molecule has 0 saturated carbocycles. The predicted molar refractivity (Wildman–Crippen MR) is 111 cm³/mol. The van der Waals surface area contributed by atoms with Gasteiger partial charge in [-0.2, -0.15) is 4.31 Å². The molecule has 2 aromatic carbocycles. The molecule has 30 heavy (non-hydrogen) atoms. The molecule has 2 atom stereocenters. The molecule has 160 valence electrons. The lowest BCUT2D eigenvalue weighted by Crippen LogP contribution is -2.45. The lowest BCUT2D eigenvalue weighted by Gasteiger charge is -2.28. The van der Waals surface area contributed by atoms with Crippen LogP contribution in [0, 0.1) is 5.82 Å². The maximum absolute atomic E-state index is 13.6. The lowest BCUT2D eigenvalue weighted by atomic mass is 10.1. The molecule has 0 aromatic heterocycles. The van der Waals surface area contributed by atoms with Crippen molar-refractivity contribution >= 4 is 15.9 Å². The Morgan fingerprint density at radius 2 is 1.83 bits per heavy atom. The van der Waals surface area contributed by atoms with Crippen molar-refractivity contribution < 1.29 is 22.3 Å². The van der Waals surface area contributed by atoms with Gasteiger partial charge in [0.25, 0.3) is 0 Å². The summed E-state index contributed by atoms with van der Waals surface area (Å²) in [6.07, 6.45) is 0.620. The molecule has 2 aliphatic heterocycles. The van der Waals surface area contributed by atoms with Gasteiger partial charge < -0.3 is 9.64 Å². The van der Waals surface area contributed by atoms with Crippen LogP contribution in [0.3, 0.4) is 0 Å². The molecule has 2 aliphatic rings. The van der Waals surface area contributed by atoms with Gasteiger partial charge in [0, 0.05) is 26.1 Å². The third kappa shape index (κ3) is 4.71. The predicted octanol–water partition coefficient (Wildman–Crippen LogP) is 2.20. The molecule has 0 aliphatic carbocycles. The number of aryl methyl sites for hydroxylation is 1. The molecule has 0 spiro atoms. The quantitative estimate of drug-likeness (QED) is 0.727. The minimum Gasteiger partial charge on any atom is -0.374 e. The van der Waals surface area contributed by atoms with E-state index in [-0.39, 0.29) is 37.5 Å². The number of carbonyl (C=O) groups is 1. The van der Waals surface area contributed by atoms with Gasteiger partial charge >= 0.3 is 0 Å². The highest BCUT2D eigenvalue weighted by Crippen LogP contribution is 2.27. The molecule has 0 N–H and O–H groups in total. The van der Waals surface area contributed by atoms with Crippen LogP contribution in [0.4, 0.5) is 4.39 Å². The highest BCUT2D eigenvalue weighted by Gasteiger charge is 2.45. The maximum Gasteiger partial charge on any atom is 0.223 e. The van der Waals surface area contributed by atoms with Gasteiger partial charge in [-0.05, 0) is 29.7 Å². The van der Waals surface area contributed by atoms with E-state index in [9.17, 15) is 17.6 Å². The molecule has 8 heteroatoms. The summed E-state index contributed by atoms with van der Waals surface area (Å²) >= 11 is 0. The van der Waals surface area contributed by atoms with Crippen LogP contribution in [-0.2, 0) is 32.5 Å². The van der Waals surface area contributed by atoms with Crippen LogP contribution < -0.4 is 0 Å². The van der Waals surface area contributed by atoms with E-state index in [2.05, 4.69) is 0 Å². The third-order valence-electron chi connectivity index (χ3n) is 5.69. The van der Waals surface area contributed by atoms with Crippen molar-refractivity contribution in [2.45, 2.75) is 31.5 Å². The zero-order valence-corrected chi connectivity index (χ0v) is 17.4. The van der Waals surface area contributed by atoms with Gasteiger partial charge in [0.2, 0.25) is 15.9 Å². The molecule has 2 fully saturated rings. The molecule has 0 radical (unpaired) electrons. The monoisotopic (exact) mass is 432 g/mol. The highest BCUT2D eigenvalue weighted by atomic mass is 32.2. The van der Waals surface area contributed by atoms with Crippen LogP contribution in [0.15, 0.2) is 54.6 Å². The Hall–Kier alpha value is -2.29. The second-order valence-corrected chi connectivity index (χ2v) is 9.79. The number of fused-ring (bicyclic) bond motifs is 1. The lowest BCUT2D eigenvalue weighted by molar-refractivity contribution is -0.130. The maximum atomic E-state index is 13.6. The number of nitrogens with zero attached hydrogens (tertiary/aromatic N) is 2. The smallest absolute Gasteiger partial charge is 0.223 e. The largest absolute Gasteiger partial charge is 0.374 e. The fraction of sp³-hybridized carbons (Fsp3) is 0.409. The van der Waals surface area contributed by atoms with Crippen molar-refractivity contribution in [1.82, 2.24) is 9.21 Å². The number of ether oxygens (including phenoxy) is 1. The summed E-state index contributed by atoms with van der Waals surface area (Å²) in [5.41, 5.74) is 1.67. The number of amides is 1. The van der Waals surface area contributed by atoms with E-state index in [0.29, 0.717) is 24.9 Å². The van der Waals surface area contributed by atoms with Crippen molar-refractivity contribution in [1.29, 1.82) is 0 Å². The first kappa shape index (κ1) is 21.0. The number of rotatable bonds is 5. The van der Waals surface area contributed by atoms with E-state index in [1.807, 2.05) is 30.3 Å². The van der Waals surface area contributed by atoms with Crippen molar-refractivity contribution in [3.8, 4) is 0 Å². The number of halogens is 1. The topological polar surface area (TPSA) is 66.9 Å². The van der Waals surface area contributed by atoms with E-state index >= 15 is 0 Å². The first-order valence-corrected chi connectivity index (χ1v) is 11.7. The summed E-state index contributed by atoms with van der Waals surface area (Å²) < 4.78 is 46.6. The number of hydrogen-bond acceptors (Lipinski definition) is 4. The molecule has 2 saturated heterocycles. The standard InChI is InChI=1S/C22H25FN2O4S/c23-19-8-4-7-18(13-19)14-25-20-15-24(16-21(20)29-11-12-30(25,27)28)22(26)10-9-17-5-2-1-3-6-17/h1-8,13,20-21H,9-12,14-16H2/t20-,21+/m1/s1. The highest BCUT2D eigenvalue weighted by molar-refractivity contribution is 7.89. The van der Waals surface area contributed by atoms with Gasteiger partial charge in [-0.1, -0.05) is 42.5 Å². The Kier molecular flexibility index (Phi) is 6.17. The van der Waals surface area contributed by atoms with Crippen molar-refractivity contribution in [2.75, 3.05) is 25.4 Å². The van der Waals surface area contributed by atoms with Crippen LogP contribution in [0.5, 0.6) is 0 Å². The van der Waals surface area contributed by atoms with Gasteiger partial charge in [0.05, 0.1) is 24.5 Å². The summed E-state index contributed by atoms with van der Waals surface area (Å²) in [4.78, 5) is 14.5. The normalized spacial score (nSPS) is 23.7. The summed E-state index contributed by atoms with van der Waals surface area (Å²) in [5.74, 6) is -0.535. The average molecular weight is 433 g/mol. The number of sulfonamides is 1. The fourth-order valence-corrected chi connectivity index (χ4v) is 5.62. The van der Waals surface area contributed by atoms with Crippen molar-refractivity contribution in [2.24, 2.45) is 0 Å². The molecule has 2 heterocycles.